The monoisotopic (exact) mass is 409 g/mol. The molecule has 132 valence electrons. The molecular formula is C21H20BrN3O. The van der Waals surface area contributed by atoms with Crippen LogP contribution in [0.3, 0.4) is 0 Å². The molecule has 3 rings (SSSR count). The Morgan fingerprint density at radius 3 is 2.69 bits per heavy atom. The van der Waals surface area contributed by atoms with Gasteiger partial charge in [0.2, 0.25) is 0 Å². The number of aryl methyl sites for hydroxylation is 1. The minimum absolute atomic E-state index is 0.171. The van der Waals surface area contributed by atoms with Crippen molar-refractivity contribution in [3.8, 4) is 0 Å². The summed E-state index contributed by atoms with van der Waals surface area (Å²) in [5.41, 5.74) is 4.07. The molecule has 0 saturated carbocycles. The van der Waals surface area contributed by atoms with Crippen LogP contribution in [0.2, 0.25) is 0 Å². The molecule has 0 unspecified atom stereocenters. The van der Waals surface area contributed by atoms with Crippen molar-refractivity contribution >= 4 is 33.3 Å². The third-order valence-corrected chi connectivity index (χ3v) is 4.51. The lowest BCUT2D eigenvalue weighted by molar-refractivity contribution is 0.102. The summed E-state index contributed by atoms with van der Waals surface area (Å²) in [7, 11) is 0. The van der Waals surface area contributed by atoms with Crippen LogP contribution >= 0.6 is 15.9 Å². The second kappa shape index (κ2) is 8.63. The standard InChI is InChI=1S/C21H20BrN3O/c1-2-16-7-3-4-9-19(16)23-13-15-6-5-8-17(12-15)21(26)25-20-11-10-18(22)14-24-20/h3-12,14,23H,2,13H2,1H3,(H,24,25,26). The van der Waals surface area contributed by atoms with Crippen molar-refractivity contribution in [3.63, 3.8) is 0 Å². The van der Waals surface area contributed by atoms with E-state index in [0.29, 0.717) is 17.9 Å². The second-order valence-electron chi connectivity index (χ2n) is 5.88. The SMILES string of the molecule is CCc1ccccc1NCc1cccc(C(=O)Nc2ccc(Br)cn2)c1. The zero-order chi connectivity index (χ0) is 18.4. The second-order valence-corrected chi connectivity index (χ2v) is 6.80. The quantitative estimate of drug-likeness (QED) is 0.582. The van der Waals surface area contributed by atoms with Gasteiger partial charge in [-0.3, -0.25) is 4.79 Å². The highest BCUT2D eigenvalue weighted by atomic mass is 79.9. The van der Waals surface area contributed by atoms with Crippen molar-refractivity contribution in [2.45, 2.75) is 19.9 Å². The predicted molar refractivity (Wildman–Crippen MR) is 109 cm³/mol. The van der Waals surface area contributed by atoms with Gasteiger partial charge >= 0.3 is 0 Å². The summed E-state index contributed by atoms with van der Waals surface area (Å²) in [4.78, 5) is 16.6. The van der Waals surface area contributed by atoms with Crippen LogP contribution in [0.4, 0.5) is 11.5 Å². The molecule has 0 fully saturated rings. The highest BCUT2D eigenvalue weighted by Crippen LogP contribution is 2.17. The first-order chi connectivity index (χ1) is 12.7. The van der Waals surface area contributed by atoms with Gasteiger partial charge in [0, 0.05) is 28.5 Å². The maximum absolute atomic E-state index is 12.4. The Morgan fingerprint density at radius 1 is 1.08 bits per heavy atom. The number of aromatic nitrogens is 1. The maximum atomic E-state index is 12.4. The summed E-state index contributed by atoms with van der Waals surface area (Å²) >= 11 is 3.33. The van der Waals surface area contributed by atoms with Gasteiger partial charge in [0.1, 0.15) is 5.82 Å². The van der Waals surface area contributed by atoms with Crippen molar-refractivity contribution in [3.05, 3.63) is 88.0 Å². The number of hydrogen-bond donors (Lipinski definition) is 2. The van der Waals surface area contributed by atoms with Crippen LogP contribution in [0.5, 0.6) is 0 Å². The van der Waals surface area contributed by atoms with Gasteiger partial charge in [-0.05, 0) is 63.8 Å². The summed E-state index contributed by atoms with van der Waals surface area (Å²) in [6.45, 7) is 2.80. The Balaban J connectivity index is 1.67. The number of halogens is 1. The highest BCUT2D eigenvalue weighted by molar-refractivity contribution is 9.10. The topological polar surface area (TPSA) is 54.0 Å². The molecule has 0 bridgehead atoms. The molecule has 0 aliphatic heterocycles. The third kappa shape index (κ3) is 4.70. The van der Waals surface area contributed by atoms with Crippen molar-refractivity contribution < 1.29 is 4.79 Å². The minimum atomic E-state index is -0.171. The lowest BCUT2D eigenvalue weighted by Gasteiger charge is -2.11. The predicted octanol–water partition coefficient (Wildman–Crippen LogP) is 5.27. The molecule has 1 amide bonds. The molecule has 0 atom stereocenters. The van der Waals surface area contributed by atoms with E-state index >= 15 is 0 Å². The zero-order valence-corrected chi connectivity index (χ0v) is 16.1. The van der Waals surface area contributed by atoms with E-state index in [4.69, 9.17) is 0 Å². The van der Waals surface area contributed by atoms with Crippen LogP contribution in [0.25, 0.3) is 0 Å². The Hall–Kier alpha value is -2.66. The number of carbonyl (C=O) groups is 1. The maximum Gasteiger partial charge on any atom is 0.256 e. The average molecular weight is 410 g/mol. The van der Waals surface area contributed by atoms with E-state index in [1.54, 1.807) is 18.3 Å². The number of para-hydroxylation sites is 1. The first kappa shape index (κ1) is 18.1. The van der Waals surface area contributed by atoms with Crippen LogP contribution in [-0.4, -0.2) is 10.9 Å². The highest BCUT2D eigenvalue weighted by Gasteiger charge is 2.08. The molecule has 1 heterocycles. The lowest BCUT2D eigenvalue weighted by atomic mass is 10.1. The summed E-state index contributed by atoms with van der Waals surface area (Å²) in [6.07, 6.45) is 2.63. The molecule has 5 heteroatoms. The molecule has 0 aliphatic carbocycles. The van der Waals surface area contributed by atoms with Crippen LogP contribution < -0.4 is 10.6 Å². The fourth-order valence-corrected chi connectivity index (χ4v) is 2.89. The van der Waals surface area contributed by atoms with Crippen LogP contribution in [0.1, 0.15) is 28.4 Å². The first-order valence-corrected chi connectivity index (χ1v) is 9.28. The lowest BCUT2D eigenvalue weighted by Crippen LogP contribution is -2.13. The molecular weight excluding hydrogens is 390 g/mol. The van der Waals surface area contributed by atoms with Crippen LogP contribution in [0.15, 0.2) is 71.3 Å². The summed E-state index contributed by atoms with van der Waals surface area (Å²) in [5.74, 6) is 0.356. The molecule has 0 spiro atoms. The molecule has 2 aromatic carbocycles. The molecule has 26 heavy (non-hydrogen) atoms. The normalized spacial score (nSPS) is 10.4. The van der Waals surface area contributed by atoms with Gasteiger partial charge in [0.05, 0.1) is 0 Å². The number of rotatable bonds is 6. The Bertz CT molecular complexity index is 894. The van der Waals surface area contributed by atoms with Gasteiger partial charge in [-0.25, -0.2) is 4.98 Å². The van der Waals surface area contributed by atoms with Crippen molar-refractivity contribution in [2.75, 3.05) is 10.6 Å². The third-order valence-electron chi connectivity index (χ3n) is 4.04. The van der Waals surface area contributed by atoms with Crippen molar-refractivity contribution in [1.29, 1.82) is 0 Å². The van der Waals surface area contributed by atoms with E-state index < -0.39 is 0 Å². The number of nitrogens with zero attached hydrogens (tertiary/aromatic N) is 1. The van der Waals surface area contributed by atoms with E-state index in [0.717, 1.165) is 22.1 Å². The number of anilines is 2. The Kier molecular flexibility index (Phi) is 6.02. The fourth-order valence-electron chi connectivity index (χ4n) is 2.66. The Labute approximate surface area is 161 Å². The van der Waals surface area contributed by atoms with Crippen molar-refractivity contribution in [2.24, 2.45) is 0 Å². The van der Waals surface area contributed by atoms with Gasteiger partial charge in [0.25, 0.3) is 5.91 Å². The van der Waals surface area contributed by atoms with Gasteiger partial charge in [-0.2, -0.15) is 0 Å². The molecule has 3 aromatic rings. The molecule has 1 aromatic heterocycles. The molecule has 4 nitrogen and oxygen atoms in total. The molecule has 0 saturated heterocycles. The van der Waals surface area contributed by atoms with Crippen LogP contribution in [-0.2, 0) is 13.0 Å². The number of pyridine rings is 1. The number of benzene rings is 2. The van der Waals surface area contributed by atoms with Gasteiger partial charge in [-0.1, -0.05) is 37.3 Å². The number of amides is 1. The van der Waals surface area contributed by atoms with Gasteiger partial charge in [0.15, 0.2) is 0 Å². The first-order valence-electron chi connectivity index (χ1n) is 8.49. The zero-order valence-electron chi connectivity index (χ0n) is 14.5. The minimum Gasteiger partial charge on any atom is -0.381 e. The van der Waals surface area contributed by atoms with E-state index in [9.17, 15) is 4.79 Å². The van der Waals surface area contributed by atoms with E-state index in [1.165, 1.54) is 5.56 Å². The average Bonchev–Trinajstić information content (AvgIpc) is 2.68. The molecule has 0 aliphatic rings. The van der Waals surface area contributed by atoms with E-state index in [2.05, 4.69) is 50.6 Å². The fraction of sp³-hybridized carbons (Fsp3) is 0.143. The molecule has 2 N–H and O–H groups in total. The number of carbonyl (C=O) groups excluding carboxylic acids is 1. The number of hydrogen-bond acceptors (Lipinski definition) is 3. The molecule has 0 radical (unpaired) electrons. The van der Waals surface area contributed by atoms with Gasteiger partial charge in [-0.15, -0.1) is 0 Å². The van der Waals surface area contributed by atoms with E-state index in [-0.39, 0.29) is 5.91 Å². The van der Waals surface area contributed by atoms with E-state index in [1.807, 2.05) is 36.4 Å². The summed E-state index contributed by atoms with van der Waals surface area (Å²) in [5, 5.41) is 6.27. The summed E-state index contributed by atoms with van der Waals surface area (Å²) < 4.78 is 0.871. The summed E-state index contributed by atoms with van der Waals surface area (Å²) in [6, 6.07) is 19.5. The smallest absolute Gasteiger partial charge is 0.256 e. The van der Waals surface area contributed by atoms with Crippen molar-refractivity contribution in [1.82, 2.24) is 4.98 Å². The Morgan fingerprint density at radius 2 is 1.92 bits per heavy atom. The number of nitrogens with one attached hydrogen (secondary N) is 2. The van der Waals surface area contributed by atoms with Crippen LogP contribution in [0, 0.1) is 0 Å². The van der Waals surface area contributed by atoms with Gasteiger partial charge < -0.3 is 10.6 Å². The largest absolute Gasteiger partial charge is 0.381 e.